The van der Waals surface area contributed by atoms with Crippen LogP contribution in [0.5, 0.6) is 11.5 Å². The Kier molecular flexibility index (Phi) is 7.42. The Balaban J connectivity index is 1.48. The van der Waals surface area contributed by atoms with Gasteiger partial charge in [-0.15, -0.1) is 0 Å². The number of carbonyl (C=O) groups is 5. The predicted octanol–water partition coefficient (Wildman–Crippen LogP) is 4.70. The summed E-state index contributed by atoms with van der Waals surface area (Å²) in [5, 5.41) is 21.0. The van der Waals surface area contributed by atoms with Crippen LogP contribution in [0.3, 0.4) is 0 Å². The molecule has 3 aromatic rings. The second-order valence-corrected chi connectivity index (χ2v) is 12.7. The molecule has 0 radical (unpaired) electrons. The summed E-state index contributed by atoms with van der Waals surface area (Å²) in [7, 11) is 1.43. The number of amides is 2. The van der Waals surface area contributed by atoms with E-state index >= 15 is 0 Å². The summed E-state index contributed by atoms with van der Waals surface area (Å²) in [5.41, 5.74) is 1.08. The van der Waals surface area contributed by atoms with Gasteiger partial charge in [-0.2, -0.15) is 0 Å². The fourth-order valence-corrected chi connectivity index (χ4v) is 8.65. The van der Waals surface area contributed by atoms with Crippen molar-refractivity contribution in [1.29, 1.82) is 0 Å². The number of para-hydroxylation sites is 1. The van der Waals surface area contributed by atoms with Crippen LogP contribution in [-0.4, -0.2) is 58.1 Å². The lowest BCUT2D eigenvalue weighted by molar-refractivity contribution is -0.142. The van der Waals surface area contributed by atoms with Crippen LogP contribution in [-0.2, 0) is 29.4 Å². The first kappa shape index (κ1) is 30.3. The number of benzene rings is 3. The number of ether oxygens (including phenoxy) is 1. The van der Waals surface area contributed by atoms with Crippen molar-refractivity contribution in [3.63, 3.8) is 0 Å². The minimum absolute atomic E-state index is 0.115. The van der Waals surface area contributed by atoms with E-state index in [9.17, 15) is 34.2 Å². The van der Waals surface area contributed by atoms with E-state index in [1.165, 1.54) is 13.2 Å². The Morgan fingerprint density at radius 1 is 0.915 bits per heavy atom. The average Bonchev–Trinajstić information content (AvgIpc) is 3.33. The molecule has 4 aliphatic rings. The molecule has 0 bridgehead atoms. The van der Waals surface area contributed by atoms with Gasteiger partial charge in [0.25, 0.3) is 0 Å². The Morgan fingerprint density at radius 3 is 2.30 bits per heavy atom. The summed E-state index contributed by atoms with van der Waals surface area (Å²) in [4.78, 5) is 69.8. The zero-order chi connectivity index (χ0) is 33.0. The number of allylic oxidation sites excluding steroid dienone is 4. The molecule has 0 spiro atoms. The highest BCUT2D eigenvalue weighted by Crippen LogP contribution is 2.64. The molecule has 6 unspecified atom stereocenters. The van der Waals surface area contributed by atoms with Crippen molar-refractivity contribution in [2.45, 2.75) is 30.6 Å². The second-order valence-electron chi connectivity index (χ2n) is 12.7. The fourth-order valence-electron chi connectivity index (χ4n) is 8.65. The number of hydrogen-bond acceptors (Lipinski definition) is 7. The summed E-state index contributed by atoms with van der Waals surface area (Å²) in [5.74, 6) is -6.55. The zero-order valence-electron chi connectivity index (χ0n) is 25.7. The summed E-state index contributed by atoms with van der Waals surface area (Å²) in [6.07, 6.45) is 3.27. The van der Waals surface area contributed by atoms with Gasteiger partial charge in [0.15, 0.2) is 23.1 Å². The Hall–Kier alpha value is -5.31. The van der Waals surface area contributed by atoms with E-state index in [-0.39, 0.29) is 54.4 Å². The number of nitrogens with zero attached hydrogens (tertiary/aromatic N) is 1. The first-order chi connectivity index (χ1) is 22.7. The molecule has 9 nitrogen and oxygen atoms in total. The van der Waals surface area contributed by atoms with Crippen LogP contribution in [0.25, 0.3) is 5.57 Å². The number of aromatic hydroxyl groups is 1. The summed E-state index contributed by atoms with van der Waals surface area (Å²) >= 11 is 0. The SMILES string of the molecule is COc1cccc(C2C3=CCC4C(=O)N(CCC(=O)O)C(=O)C4C3CC3C(=O)C(c4ccccc4)=CC(=O)C32c2ccccc2)c1O. The van der Waals surface area contributed by atoms with Crippen molar-refractivity contribution in [2.24, 2.45) is 23.7 Å². The molecule has 0 aromatic heterocycles. The van der Waals surface area contributed by atoms with Crippen molar-refractivity contribution in [2.75, 3.05) is 13.7 Å². The number of aliphatic carboxylic acids is 1. The smallest absolute Gasteiger partial charge is 0.305 e. The van der Waals surface area contributed by atoms with Crippen LogP contribution >= 0.6 is 0 Å². The van der Waals surface area contributed by atoms with Crippen molar-refractivity contribution >= 4 is 34.9 Å². The third kappa shape index (κ3) is 4.47. The molecular formula is C38H33NO8. The van der Waals surface area contributed by atoms with Gasteiger partial charge in [0, 0.05) is 29.5 Å². The third-order valence-corrected chi connectivity index (χ3v) is 10.6. The number of carboxylic acids is 1. The summed E-state index contributed by atoms with van der Waals surface area (Å²) < 4.78 is 5.48. The molecular weight excluding hydrogens is 598 g/mol. The van der Waals surface area contributed by atoms with Gasteiger partial charge in [0.2, 0.25) is 11.8 Å². The molecule has 238 valence electrons. The molecule has 1 aliphatic heterocycles. The molecule has 3 aliphatic carbocycles. The summed E-state index contributed by atoms with van der Waals surface area (Å²) in [6, 6.07) is 23.1. The highest BCUT2D eigenvalue weighted by molar-refractivity contribution is 6.31. The topological polar surface area (TPSA) is 138 Å². The highest BCUT2D eigenvalue weighted by Gasteiger charge is 2.66. The number of likely N-dealkylation sites (tertiary alicyclic amines) is 1. The number of Topliss-reactive ketones (excluding diaryl/α,β-unsaturated/α-hetero) is 1. The van der Waals surface area contributed by atoms with Gasteiger partial charge in [-0.05, 0) is 42.0 Å². The van der Waals surface area contributed by atoms with E-state index < -0.39 is 52.8 Å². The van der Waals surface area contributed by atoms with E-state index in [0.29, 0.717) is 22.3 Å². The quantitative estimate of drug-likeness (QED) is 0.283. The van der Waals surface area contributed by atoms with Crippen molar-refractivity contribution in [3.8, 4) is 11.5 Å². The predicted molar refractivity (Wildman–Crippen MR) is 170 cm³/mol. The number of fused-ring (bicyclic) bond motifs is 4. The summed E-state index contributed by atoms with van der Waals surface area (Å²) in [6.45, 7) is -0.238. The molecule has 6 atom stereocenters. The lowest BCUT2D eigenvalue weighted by Gasteiger charge is -2.55. The molecule has 7 rings (SSSR count). The van der Waals surface area contributed by atoms with Crippen molar-refractivity contribution in [1.82, 2.24) is 4.90 Å². The van der Waals surface area contributed by atoms with E-state index in [1.54, 1.807) is 42.5 Å². The number of rotatable bonds is 7. The maximum Gasteiger partial charge on any atom is 0.305 e. The first-order valence-corrected chi connectivity index (χ1v) is 15.7. The number of phenolic OH excluding ortho intramolecular Hbond substituents is 1. The maximum absolute atomic E-state index is 15.0. The largest absolute Gasteiger partial charge is 0.504 e. The van der Waals surface area contributed by atoms with Crippen LogP contribution in [0.4, 0.5) is 0 Å². The number of methoxy groups -OCH3 is 1. The normalized spacial score (nSPS) is 28.2. The number of carboxylic acid groups (broad SMARTS) is 1. The van der Waals surface area contributed by atoms with Crippen LogP contribution in [0.1, 0.15) is 41.9 Å². The van der Waals surface area contributed by atoms with Gasteiger partial charge in [0.1, 0.15) is 0 Å². The fraction of sp³-hybridized carbons (Fsp3) is 0.289. The standard InChI is InChI=1S/C38H33NO8/c1-47-29-14-8-13-25(35(29)44)33-23-15-16-24-32(37(46)39(36(24)45)18-17-31(41)42)27(23)19-28-34(43)26(21-9-4-2-5-10-21)20-30(40)38(28,33)22-11-6-3-7-12-22/h2-15,20,24,27-28,32-33,44H,16-19H2,1H3,(H,41,42). The molecule has 2 N–H and O–H groups in total. The van der Waals surface area contributed by atoms with Crippen LogP contribution in [0.15, 0.2) is 96.6 Å². The molecule has 1 heterocycles. The monoisotopic (exact) mass is 631 g/mol. The van der Waals surface area contributed by atoms with Crippen molar-refractivity contribution in [3.05, 3.63) is 113 Å². The molecule has 2 fully saturated rings. The van der Waals surface area contributed by atoms with Crippen molar-refractivity contribution < 1.29 is 38.9 Å². The minimum Gasteiger partial charge on any atom is -0.504 e. The van der Waals surface area contributed by atoms with E-state index in [0.717, 1.165) is 4.90 Å². The first-order valence-electron chi connectivity index (χ1n) is 15.7. The Morgan fingerprint density at radius 2 is 1.62 bits per heavy atom. The minimum atomic E-state index is -1.48. The van der Waals surface area contributed by atoms with Crippen LogP contribution < -0.4 is 4.74 Å². The van der Waals surface area contributed by atoms with Gasteiger partial charge in [0.05, 0.1) is 30.8 Å². The lowest BCUT2D eigenvalue weighted by Crippen LogP contribution is -2.58. The lowest BCUT2D eigenvalue weighted by atomic mass is 9.44. The Labute approximate surface area is 271 Å². The second kappa shape index (κ2) is 11.5. The zero-order valence-corrected chi connectivity index (χ0v) is 25.7. The molecule has 47 heavy (non-hydrogen) atoms. The molecule has 9 heteroatoms. The Bertz CT molecular complexity index is 1880. The molecule has 1 saturated carbocycles. The third-order valence-electron chi connectivity index (χ3n) is 10.6. The van der Waals surface area contributed by atoms with Crippen LogP contribution in [0, 0.1) is 23.7 Å². The van der Waals surface area contributed by atoms with E-state index in [4.69, 9.17) is 4.74 Å². The van der Waals surface area contributed by atoms with E-state index in [2.05, 4.69) is 0 Å². The number of ketones is 2. The van der Waals surface area contributed by atoms with Gasteiger partial charge in [-0.3, -0.25) is 28.9 Å². The molecule has 3 aromatic carbocycles. The number of phenols is 1. The number of hydrogen-bond donors (Lipinski definition) is 2. The average molecular weight is 632 g/mol. The highest BCUT2D eigenvalue weighted by atomic mass is 16.5. The van der Waals surface area contributed by atoms with Gasteiger partial charge in [-0.25, -0.2) is 0 Å². The number of imide groups is 1. The van der Waals surface area contributed by atoms with Gasteiger partial charge >= 0.3 is 5.97 Å². The molecule has 2 amide bonds. The maximum atomic E-state index is 15.0. The van der Waals surface area contributed by atoms with E-state index in [1.807, 2.05) is 42.5 Å². The van der Waals surface area contributed by atoms with Gasteiger partial charge in [-0.1, -0.05) is 84.4 Å². The van der Waals surface area contributed by atoms with Crippen LogP contribution in [0.2, 0.25) is 0 Å². The molecule has 1 saturated heterocycles. The van der Waals surface area contributed by atoms with Gasteiger partial charge < -0.3 is 14.9 Å². The number of carbonyl (C=O) groups excluding carboxylic acids is 4.